The monoisotopic (exact) mass is 316 g/mol. The summed E-state index contributed by atoms with van der Waals surface area (Å²) in [7, 11) is 0. The number of likely N-dealkylation sites (tertiary alicyclic amines) is 1. The van der Waals surface area contributed by atoms with Crippen molar-refractivity contribution in [2.75, 3.05) is 26.2 Å². The third kappa shape index (κ3) is 7.23. The highest BCUT2D eigenvalue weighted by atomic mass is 16.4. The van der Waals surface area contributed by atoms with Crippen molar-refractivity contribution in [3.63, 3.8) is 0 Å². The number of aliphatic carboxylic acids is 2. The zero-order valence-electron chi connectivity index (χ0n) is 12.5. The summed E-state index contributed by atoms with van der Waals surface area (Å²) >= 11 is 0. The van der Waals surface area contributed by atoms with Crippen molar-refractivity contribution < 1.29 is 24.6 Å². The lowest BCUT2D eigenvalue weighted by Gasteiger charge is -2.15. The van der Waals surface area contributed by atoms with Gasteiger partial charge in [-0.1, -0.05) is 0 Å². The van der Waals surface area contributed by atoms with Crippen LogP contribution in [0.1, 0.15) is 25.7 Å². The van der Waals surface area contributed by atoms with Crippen LogP contribution in [0, 0.1) is 0 Å². The quantitative estimate of drug-likeness (QED) is 0.344. The first-order valence-electron chi connectivity index (χ1n) is 7.35. The summed E-state index contributed by atoms with van der Waals surface area (Å²) in [4.78, 5) is 34.5. The average molecular weight is 316 g/mol. The number of nitrogens with one attached hydrogen (secondary N) is 2. The number of carboxylic acids is 2. The number of nitrogens with two attached hydrogens (primary N) is 1. The number of carbonyl (C=O) groups excluding carboxylic acids is 1. The maximum atomic E-state index is 11.7. The highest BCUT2D eigenvalue weighted by molar-refractivity contribution is 5.74. The Balaban J connectivity index is 2.07. The number of hydrogen-bond donors (Lipinski definition) is 5. The van der Waals surface area contributed by atoms with Crippen LogP contribution in [0.5, 0.6) is 0 Å². The summed E-state index contributed by atoms with van der Waals surface area (Å²) in [5, 5.41) is 22.8. The van der Waals surface area contributed by atoms with Gasteiger partial charge < -0.3 is 26.6 Å². The first-order chi connectivity index (χ1) is 10.4. The van der Waals surface area contributed by atoms with E-state index in [2.05, 4.69) is 10.6 Å². The van der Waals surface area contributed by atoms with Gasteiger partial charge >= 0.3 is 18.0 Å². The van der Waals surface area contributed by atoms with E-state index >= 15 is 0 Å². The van der Waals surface area contributed by atoms with Gasteiger partial charge in [0.15, 0.2) is 0 Å². The molecule has 1 fully saturated rings. The van der Waals surface area contributed by atoms with Gasteiger partial charge in [-0.05, 0) is 25.7 Å². The molecule has 0 aromatic heterocycles. The highest BCUT2D eigenvalue weighted by Gasteiger charge is 2.24. The lowest BCUT2D eigenvalue weighted by Crippen LogP contribution is -2.44. The number of amides is 2. The van der Waals surface area contributed by atoms with E-state index in [0.29, 0.717) is 38.9 Å². The van der Waals surface area contributed by atoms with E-state index in [1.54, 1.807) is 4.90 Å². The molecule has 126 valence electrons. The molecule has 2 atom stereocenters. The molecule has 1 heterocycles. The molecule has 6 N–H and O–H groups in total. The maximum absolute atomic E-state index is 11.7. The Morgan fingerprint density at radius 1 is 1.27 bits per heavy atom. The van der Waals surface area contributed by atoms with Crippen LogP contribution >= 0.6 is 0 Å². The van der Waals surface area contributed by atoms with Gasteiger partial charge in [0.1, 0.15) is 6.04 Å². The molecule has 2 amide bonds. The maximum Gasteiger partial charge on any atom is 0.320 e. The molecule has 0 radical (unpaired) electrons. The lowest BCUT2D eigenvalue weighted by molar-refractivity contribution is -0.139. The van der Waals surface area contributed by atoms with E-state index in [1.807, 2.05) is 0 Å². The molecule has 9 nitrogen and oxygen atoms in total. The zero-order chi connectivity index (χ0) is 16.5. The van der Waals surface area contributed by atoms with Gasteiger partial charge in [-0.15, -0.1) is 0 Å². The van der Waals surface area contributed by atoms with Crippen LogP contribution in [0.15, 0.2) is 0 Å². The molecule has 1 unspecified atom stereocenters. The van der Waals surface area contributed by atoms with Gasteiger partial charge in [0.05, 0.1) is 6.54 Å². The van der Waals surface area contributed by atoms with Gasteiger partial charge in [0.2, 0.25) is 0 Å². The summed E-state index contributed by atoms with van der Waals surface area (Å²) in [5.41, 5.74) is 5.37. The van der Waals surface area contributed by atoms with Crippen LogP contribution in [-0.2, 0) is 9.59 Å². The van der Waals surface area contributed by atoms with Gasteiger partial charge in [-0.2, -0.15) is 0 Å². The fourth-order valence-corrected chi connectivity index (χ4v) is 2.34. The number of nitrogens with zero attached hydrogens (tertiary/aromatic N) is 1. The van der Waals surface area contributed by atoms with Crippen molar-refractivity contribution in [1.29, 1.82) is 0 Å². The number of unbranched alkanes of at least 4 members (excludes halogenated alkanes) is 1. The Kier molecular flexibility index (Phi) is 7.61. The van der Waals surface area contributed by atoms with Gasteiger partial charge in [0, 0.05) is 25.7 Å². The van der Waals surface area contributed by atoms with Crippen molar-refractivity contribution in [3.8, 4) is 0 Å². The highest BCUT2D eigenvalue weighted by Crippen LogP contribution is 2.08. The number of rotatable bonds is 9. The largest absolute Gasteiger partial charge is 0.480 e. The minimum absolute atomic E-state index is 0.0103. The van der Waals surface area contributed by atoms with Crippen molar-refractivity contribution in [1.82, 2.24) is 15.5 Å². The van der Waals surface area contributed by atoms with E-state index < -0.39 is 18.0 Å². The standard InChI is InChI=1S/C13H24N4O5/c14-10(12(20)21)3-1-2-5-15-13(22)16-9-4-6-17(7-9)8-11(18)19/h9-10H,1-8,14H2,(H,18,19)(H,20,21)(H2,15,16,22)/t9-,10?/m1/s1. The Hall–Kier alpha value is -1.87. The average Bonchev–Trinajstić information content (AvgIpc) is 2.84. The number of carboxylic acid groups (broad SMARTS) is 2. The minimum Gasteiger partial charge on any atom is -0.480 e. The fraction of sp³-hybridized carbons (Fsp3) is 0.769. The smallest absolute Gasteiger partial charge is 0.320 e. The van der Waals surface area contributed by atoms with Gasteiger partial charge in [-0.25, -0.2) is 4.79 Å². The van der Waals surface area contributed by atoms with Crippen molar-refractivity contribution in [2.24, 2.45) is 5.73 Å². The topological polar surface area (TPSA) is 145 Å². The minimum atomic E-state index is -1.02. The molecular formula is C13H24N4O5. The van der Waals surface area contributed by atoms with Gasteiger partial charge in [0.25, 0.3) is 0 Å². The SMILES string of the molecule is NC(CCCCNC(=O)N[C@@H]1CCN(CC(=O)O)C1)C(=O)O. The molecule has 1 aliphatic rings. The van der Waals surface area contributed by atoms with E-state index in [-0.39, 0.29) is 18.6 Å². The Labute approximate surface area is 128 Å². The molecule has 1 aliphatic heterocycles. The third-order valence-corrected chi connectivity index (χ3v) is 3.51. The van der Waals surface area contributed by atoms with Crippen LogP contribution in [0.2, 0.25) is 0 Å². The lowest BCUT2D eigenvalue weighted by atomic mass is 10.1. The zero-order valence-corrected chi connectivity index (χ0v) is 12.5. The second-order valence-corrected chi connectivity index (χ2v) is 5.46. The van der Waals surface area contributed by atoms with Crippen LogP contribution in [-0.4, -0.2) is 71.3 Å². The Morgan fingerprint density at radius 3 is 2.64 bits per heavy atom. The molecule has 0 spiro atoms. The van der Waals surface area contributed by atoms with E-state index in [0.717, 1.165) is 6.42 Å². The van der Waals surface area contributed by atoms with E-state index in [9.17, 15) is 14.4 Å². The van der Waals surface area contributed by atoms with Crippen molar-refractivity contribution in [3.05, 3.63) is 0 Å². The molecule has 0 aromatic carbocycles. The first-order valence-corrected chi connectivity index (χ1v) is 7.35. The summed E-state index contributed by atoms with van der Waals surface area (Å²) in [6, 6.07) is -1.18. The van der Waals surface area contributed by atoms with Crippen LogP contribution in [0.25, 0.3) is 0 Å². The molecule has 0 bridgehead atoms. The third-order valence-electron chi connectivity index (χ3n) is 3.51. The molecule has 22 heavy (non-hydrogen) atoms. The predicted octanol–water partition coefficient (Wildman–Crippen LogP) is -0.973. The summed E-state index contributed by atoms with van der Waals surface area (Å²) in [6.07, 6.45) is 2.40. The molecule has 1 rings (SSSR count). The predicted molar refractivity (Wildman–Crippen MR) is 78.5 cm³/mol. The van der Waals surface area contributed by atoms with Crippen molar-refractivity contribution in [2.45, 2.75) is 37.8 Å². The number of carbonyl (C=O) groups is 3. The van der Waals surface area contributed by atoms with Gasteiger partial charge in [-0.3, -0.25) is 14.5 Å². The number of urea groups is 1. The van der Waals surface area contributed by atoms with Crippen LogP contribution in [0.4, 0.5) is 4.79 Å². The molecule has 0 saturated carbocycles. The second kappa shape index (κ2) is 9.21. The summed E-state index contributed by atoms with van der Waals surface area (Å²) in [6.45, 7) is 1.63. The molecule has 0 aromatic rings. The van der Waals surface area contributed by atoms with Crippen molar-refractivity contribution >= 4 is 18.0 Å². The second-order valence-electron chi connectivity index (χ2n) is 5.46. The number of hydrogen-bond acceptors (Lipinski definition) is 5. The van der Waals surface area contributed by atoms with Crippen LogP contribution < -0.4 is 16.4 Å². The van der Waals surface area contributed by atoms with E-state index in [4.69, 9.17) is 15.9 Å². The molecule has 1 saturated heterocycles. The normalized spacial score (nSPS) is 19.6. The fourth-order valence-electron chi connectivity index (χ4n) is 2.34. The van der Waals surface area contributed by atoms with Crippen LogP contribution in [0.3, 0.4) is 0 Å². The van der Waals surface area contributed by atoms with E-state index in [1.165, 1.54) is 0 Å². The Bertz CT molecular complexity index is 404. The Morgan fingerprint density at radius 2 is 2.00 bits per heavy atom. The summed E-state index contributed by atoms with van der Waals surface area (Å²) < 4.78 is 0. The summed E-state index contributed by atoms with van der Waals surface area (Å²) in [5.74, 6) is -1.89. The molecule has 0 aliphatic carbocycles. The molecule has 9 heteroatoms. The molecular weight excluding hydrogens is 292 g/mol. The first kappa shape index (κ1) is 18.2.